The monoisotopic (exact) mass is 342 g/mol. The minimum atomic E-state index is 0.0195. The summed E-state index contributed by atoms with van der Waals surface area (Å²) in [5.41, 5.74) is 2.30. The quantitative estimate of drug-likeness (QED) is 0.807. The van der Waals surface area contributed by atoms with Gasteiger partial charge in [0.05, 0.1) is 7.11 Å². The summed E-state index contributed by atoms with van der Waals surface area (Å²) in [5.74, 6) is 0.777. The van der Waals surface area contributed by atoms with Gasteiger partial charge in [0.15, 0.2) is 0 Å². The minimum absolute atomic E-state index is 0.0195. The van der Waals surface area contributed by atoms with Gasteiger partial charge in [0.25, 0.3) is 5.91 Å². The van der Waals surface area contributed by atoms with E-state index in [1.807, 2.05) is 62.4 Å². The molecule has 0 unspecified atom stereocenters. The molecule has 0 saturated heterocycles. The third kappa shape index (κ3) is 4.32. The molecule has 1 N–H and O–H groups in total. The summed E-state index contributed by atoms with van der Waals surface area (Å²) in [4.78, 5) is 14.8. The fraction of sp³-hybridized carbons (Fsp3) is 0.263. The number of anilines is 1. The highest BCUT2D eigenvalue weighted by atomic mass is 32.1. The molecule has 2 aromatic rings. The first-order chi connectivity index (χ1) is 11.6. The number of benzene rings is 2. The van der Waals surface area contributed by atoms with Crippen molar-refractivity contribution in [2.24, 2.45) is 0 Å². The molecule has 0 heterocycles. The van der Waals surface area contributed by atoms with Crippen LogP contribution >= 0.6 is 12.2 Å². The second-order valence-corrected chi connectivity index (χ2v) is 5.65. The topological polar surface area (TPSA) is 41.6 Å². The molecule has 0 atom stereocenters. The van der Waals surface area contributed by atoms with E-state index in [0.717, 1.165) is 17.0 Å². The molecule has 0 bridgehead atoms. The number of methoxy groups -OCH3 is 1. The van der Waals surface area contributed by atoms with Gasteiger partial charge in [-0.05, 0) is 38.1 Å². The van der Waals surface area contributed by atoms with Crippen molar-refractivity contribution in [1.82, 2.24) is 4.90 Å². The van der Waals surface area contributed by atoms with Gasteiger partial charge < -0.3 is 15.0 Å². The van der Waals surface area contributed by atoms with Crippen LogP contribution in [-0.4, -0.2) is 36.0 Å². The van der Waals surface area contributed by atoms with Crippen molar-refractivity contribution in [3.63, 3.8) is 0 Å². The molecule has 0 saturated carbocycles. The molecule has 126 valence electrons. The Hall–Kier alpha value is -2.40. The van der Waals surface area contributed by atoms with E-state index in [9.17, 15) is 4.79 Å². The van der Waals surface area contributed by atoms with Crippen molar-refractivity contribution in [3.05, 3.63) is 59.7 Å². The molecule has 0 aromatic heterocycles. The summed E-state index contributed by atoms with van der Waals surface area (Å²) in [5, 5.41) is 3.18. The Morgan fingerprint density at radius 3 is 2.42 bits per heavy atom. The molecule has 0 aliphatic carbocycles. The fourth-order valence-corrected chi connectivity index (χ4v) is 2.64. The Morgan fingerprint density at radius 1 is 1.08 bits per heavy atom. The molecule has 0 aliphatic rings. The number of thiocarbonyl (C=S) groups is 1. The fourth-order valence-electron chi connectivity index (χ4n) is 2.39. The maximum atomic E-state index is 12.5. The Labute approximate surface area is 148 Å². The van der Waals surface area contributed by atoms with Gasteiger partial charge in [-0.3, -0.25) is 4.79 Å². The van der Waals surface area contributed by atoms with Crippen molar-refractivity contribution in [2.75, 3.05) is 25.5 Å². The standard InChI is InChI=1S/C19H22N2O2S/c1-4-21(5-2)19(22)15-9-6-8-14(12-15)18(24)20-16-10-7-11-17(13-16)23-3/h6-13H,4-5H2,1-3H3,(H,20,24). The van der Waals surface area contributed by atoms with Gasteiger partial charge in [-0.1, -0.05) is 30.4 Å². The average Bonchev–Trinajstić information content (AvgIpc) is 2.63. The second kappa shape index (κ2) is 8.45. The highest BCUT2D eigenvalue weighted by Crippen LogP contribution is 2.18. The van der Waals surface area contributed by atoms with E-state index in [2.05, 4.69) is 5.32 Å². The Bertz CT molecular complexity index is 727. The molecule has 5 heteroatoms. The number of ether oxygens (including phenoxy) is 1. The van der Waals surface area contributed by atoms with Gasteiger partial charge >= 0.3 is 0 Å². The Balaban J connectivity index is 2.18. The van der Waals surface area contributed by atoms with E-state index in [0.29, 0.717) is 23.6 Å². The van der Waals surface area contributed by atoms with Crippen molar-refractivity contribution in [3.8, 4) is 5.75 Å². The first-order valence-electron chi connectivity index (χ1n) is 7.93. The van der Waals surface area contributed by atoms with Crippen LogP contribution in [0.2, 0.25) is 0 Å². The van der Waals surface area contributed by atoms with Crippen LogP contribution in [0.15, 0.2) is 48.5 Å². The van der Waals surface area contributed by atoms with Gasteiger partial charge in [-0.25, -0.2) is 0 Å². The van der Waals surface area contributed by atoms with E-state index in [1.54, 1.807) is 12.0 Å². The Kier molecular flexibility index (Phi) is 6.32. The number of amides is 1. The first kappa shape index (κ1) is 17.9. The van der Waals surface area contributed by atoms with Crippen molar-refractivity contribution in [1.29, 1.82) is 0 Å². The van der Waals surface area contributed by atoms with E-state index in [-0.39, 0.29) is 5.91 Å². The van der Waals surface area contributed by atoms with Gasteiger partial charge in [-0.15, -0.1) is 0 Å². The van der Waals surface area contributed by atoms with E-state index in [4.69, 9.17) is 17.0 Å². The van der Waals surface area contributed by atoms with Crippen LogP contribution in [0.5, 0.6) is 5.75 Å². The van der Waals surface area contributed by atoms with Gasteiger partial charge in [0.2, 0.25) is 0 Å². The summed E-state index contributed by atoms with van der Waals surface area (Å²) in [7, 11) is 1.62. The number of hydrogen-bond acceptors (Lipinski definition) is 3. The maximum Gasteiger partial charge on any atom is 0.253 e. The lowest BCUT2D eigenvalue weighted by molar-refractivity contribution is 0.0773. The van der Waals surface area contributed by atoms with Crippen LogP contribution in [0.1, 0.15) is 29.8 Å². The largest absolute Gasteiger partial charge is 0.497 e. The smallest absolute Gasteiger partial charge is 0.253 e. The third-order valence-electron chi connectivity index (χ3n) is 3.75. The van der Waals surface area contributed by atoms with Gasteiger partial charge in [0.1, 0.15) is 10.7 Å². The van der Waals surface area contributed by atoms with Crippen LogP contribution in [0.4, 0.5) is 5.69 Å². The highest BCUT2D eigenvalue weighted by molar-refractivity contribution is 7.81. The van der Waals surface area contributed by atoms with Crippen LogP contribution in [-0.2, 0) is 0 Å². The van der Waals surface area contributed by atoms with E-state index < -0.39 is 0 Å². The zero-order chi connectivity index (χ0) is 17.5. The van der Waals surface area contributed by atoms with Gasteiger partial charge in [-0.2, -0.15) is 0 Å². The number of rotatable bonds is 6. The maximum absolute atomic E-state index is 12.5. The zero-order valence-electron chi connectivity index (χ0n) is 14.2. The number of hydrogen-bond donors (Lipinski definition) is 1. The molecule has 24 heavy (non-hydrogen) atoms. The molecular weight excluding hydrogens is 320 g/mol. The normalized spacial score (nSPS) is 10.1. The molecule has 0 spiro atoms. The van der Waals surface area contributed by atoms with E-state index >= 15 is 0 Å². The molecule has 2 aromatic carbocycles. The number of carbonyl (C=O) groups excluding carboxylic acids is 1. The molecular formula is C19H22N2O2S. The molecule has 0 radical (unpaired) electrons. The number of nitrogens with one attached hydrogen (secondary N) is 1. The summed E-state index contributed by atoms with van der Waals surface area (Å²) in [6, 6.07) is 15.0. The van der Waals surface area contributed by atoms with Gasteiger partial charge in [0, 0.05) is 36.0 Å². The van der Waals surface area contributed by atoms with Crippen LogP contribution < -0.4 is 10.1 Å². The van der Waals surface area contributed by atoms with Crippen LogP contribution in [0.25, 0.3) is 0 Å². The highest BCUT2D eigenvalue weighted by Gasteiger charge is 2.13. The number of carbonyl (C=O) groups is 1. The van der Waals surface area contributed by atoms with Crippen LogP contribution in [0.3, 0.4) is 0 Å². The molecule has 0 fully saturated rings. The first-order valence-corrected chi connectivity index (χ1v) is 8.34. The lowest BCUT2D eigenvalue weighted by Crippen LogP contribution is -2.30. The summed E-state index contributed by atoms with van der Waals surface area (Å²) in [6.45, 7) is 5.32. The van der Waals surface area contributed by atoms with Crippen molar-refractivity contribution < 1.29 is 9.53 Å². The number of nitrogens with zero attached hydrogens (tertiary/aromatic N) is 1. The Morgan fingerprint density at radius 2 is 1.75 bits per heavy atom. The lowest BCUT2D eigenvalue weighted by Gasteiger charge is -2.19. The summed E-state index contributed by atoms with van der Waals surface area (Å²) in [6.07, 6.45) is 0. The average molecular weight is 342 g/mol. The lowest BCUT2D eigenvalue weighted by atomic mass is 10.1. The second-order valence-electron chi connectivity index (χ2n) is 5.24. The van der Waals surface area contributed by atoms with Crippen molar-refractivity contribution >= 4 is 28.8 Å². The minimum Gasteiger partial charge on any atom is -0.497 e. The van der Waals surface area contributed by atoms with E-state index in [1.165, 1.54) is 0 Å². The third-order valence-corrected chi connectivity index (χ3v) is 4.09. The van der Waals surface area contributed by atoms with Crippen LogP contribution in [0, 0.1) is 0 Å². The SMILES string of the molecule is CCN(CC)C(=O)c1cccc(C(=S)Nc2cccc(OC)c2)c1. The summed E-state index contributed by atoms with van der Waals surface area (Å²) >= 11 is 5.47. The van der Waals surface area contributed by atoms with Crippen molar-refractivity contribution in [2.45, 2.75) is 13.8 Å². The summed E-state index contributed by atoms with van der Waals surface area (Å²) < 4.78 is 5.21. The predicted molar refractivity (Wildman–Crippen MR) is 102 cm³/mol. The molecule has 0 aliphatic heterocycles. The molecule has 1 amide bonds. The zero-order valence-corrected chi connectivity index (χ0v) is 15.0. The predicted octanol–water partition coefficient (Wildman–Crippen LogP) is 3.96. The molecule has 4 nitrogen and oxygen atoms in total. The molecule has 2 rings (SSSR count).